The molecule has 0 spiro atoms. The van der Waals surface area contributed by atoms with Gasteiger partial charge >= 0.3 is 0 Å². The Morgan fingerprint density at radius 3 is 3.00 bits per heavy atom. The van der Waals surface area contributed by atoms with Crippen LogP contribution in [-0.4, -0.2) is 24.6 Å². The second kappa shape index (κ2) is 5.02. The van der Waals surface area contributed by atoms with Crippen LogP contribution in [0.1, 0.15) is 36.6 Å². The smallest absolute Gasteiger partial charge is 0.153 e. The van der Waals surface area contributed by atoms with Crippen molar-refractivity contribution in [3.05, 3.63) is 59.6 Å². The standard InChI is InChI=1S/C17H17N5/c1-11(2)9-16-19-10-13-12(3-4-14(13)20-16)15-5-6-17-18-7-8-22(17)21-15/h3,5-8,10-11H,4,9H2,1-2H3. The lowest BCUT2D eigenvalue weighted by Gasteiger charge is -2.08. The van der Waals surface area contributed by atoms with E-state index in [1.54, 1.807) is 10.7 Å². The van der Waals surface area contributed by atoms with Crippen LogP contribution in [0.4, 0.5) is 0 Å². The molecule has 22 heavy (non-hydrogen) atoms. The summed E-state index contributed by atoms with van der Waals surface area (Å²) >= 11 is 0. The van der Waals surface area contributed by atoms with Crippen LogP contribution in [0.15, 0.2) is 36.8 Å². The van der Waals surface area contributed by atoms with Crippen molar-refractivity contribution in [3.63, 3.8) is 0 Å². The van der Waals surface area contributed by atoms with Crippen LogP contribution < -0.4 is 0 Å². The Labute approximate surface area is 128 Å². The van der Waals surface area contributed by atoms with Crippen molar-refractivity contribution in [1.82, 2.24) is 24.6 Å². The number of allylic oxidation sites excluding steroid dienone is 1. The summed E-state index contributed by atoms with van der Waals surface area (Å²) in [6.07, 6.45) is 9.51. The minimum Gasteiger partial charge on any atom is -0.241 e. The molecule has 0 bridgehead atoms. The predicted molar refractivity (Wildman–Crippen MR) is 84.3 cm³/mol. The fraction of sp³-hybridized carbons (Fsp3) is 0.294. The lowest BCUT2D eigenvalue weighted by atomic mass is 10.1. The molecule has 0 amide bonds. The summed E-state index contributed by atoms with van der Waals surface area (Å²) in [5.41, 5.74) is 5.10. The van der Waals surface area contributed by atoms with E-state index >= 15 is 0 Å². The first kappa shape index (κ1) is 13.1. The fourth-order valence-electron chi connectivity index (χ4n) is 2.81. The molecular weight excluding hydrogens is 274 g/mol. The molecule has 0 radical (unpaired) electrons. The number of rotatable bonds is 3. The molecule has 3 aromatic heterocycles. The minimum atomic E-state index is 0.567. The van der Waals surface area contributed by atoms with E-state index in [2.05, 4.69) is 35.0 Å². The quantitative estimate of drug-likeness (QED) is 0.744. The maximum Gasteiger partial charge on any atom is 0.153 e. The normalized spacial score (nSPS) is 13.7. The molecule has 0 N–H and O–H groups in total. The molecule has 0 aromatic carbocycles. The summed E-state index contributed by atoms with van der Waals surface area (Å²) in [5, 5.41) is 4.62. The lowest BCUT2D eigenvalue weighted by Crippen LogP contribution is -2.04. The number of aromatic nitrogens is 5. The Morgan fingerprint density at radius 2 is 2.14 bits per heavy atom. The number of nitrogens with zero attached hydrogens (tertiary/aromatic N) is 5. The molecule has 5 nitrogen and oxygen atoms in total. The van der Waals surface area contributed by atoms with E-state index in [0.717, 1.165) is 46.8 Å². The maximum absolute atomic E-state index is 4.71. The second-order valence-electron chi connectivity index (χ2n) is 6.02. The zero-order valence-electron chi connectivity index (χ0n) is 12.7. The van der Waals surface area contributed by atoms with E-state index < -0.39 is 0 Å². The van der Waals surface area contributed by atoms with Crippen molar-refractivity contribution in [2.75, 3.05) is 0 Å². The third-order valence-electron chi connectivity index (χ3n) is 3.83. The number of hydrogen-bond acceptors (Lipinski definition) is 4. The molecule has 4 rings (SSSR count). The Morgan fingerprint density at radius 1 is 1.23 bits per heavy atom. The first-order valence-corrected chi connectivity index (χ1v) is 7.57. The van der Waals surface area contributed by atoms with Crippen LogP contribution in [0, 0.1) is 5.92 Å². The Kier molecular flexibility index (Phi) is 2.99. The van der Waals surface area contributed by atoms with E-state index in [1.807, 2.05) is 24.5 Å². The molecular formula is C17H17N5. The summed E-state index contributed by atoms with van der Waals surface area (Å²) in [4.78, 5) is 13.5. The summed E-state index contributed by atoms with van der Waals surface area (Å²) in [6.45, 7) is 4.37. The van der Waals surface area contributed by atoms with Gasteiger partial charge in [-0.15, -0.1) is 0 Å². The van der Waals surface area contributed by atoms with Gasteiger partial charge in [0.1, 0.15) is 5.82 Å². The van der Waals surface area contributed by atoms with E-state index in [4.69, 9.17) is 4.98 Å². The third kappa shape index (κ3) is 2.19. The molecule has 0 aliphatic heterocycles. The van der Waals surface area contributed by atoms with Crippen molar-refractivity contribution >= 4 is 11.2 Å². The Balaban J connectivity index is 1.71. The van der Waals surface area contributed by atoms with Crippen LogP contribution in [0.2, 0.25) is 0 Å². The van der Waals surface area contributed by atoms with Crippen LogP contribution in [0.5, 0.6) is 0 Å². The minimum absolute atomic E-state index is 0.567. The highest BCUT2D eigenvalue weighted by Crippen LogP contribution is 2.30. The van der Waals surface area contributed by atoms with Crippen molar-refractivity contribution in [3.8, 4) is 0 Å². The monoisotopic (exact) mass is 291 g/mol. The van der Waals surface area contributed by atoms with Crippen LogP contribution >= 0.6 is 0 Å². The second-order valence-corrected chi connectivity index (χ2v) is 6.02. The highest BCUT2D eigenvalue weighted by molar-refractivity contribution is 5.82. The van der Waals surface area contributed by atoms with Crippen molar-refractivity contribution in [2.24, 2.45) is 5.92 Å². The number of imidazole rings is 1. The van der Waals surface area contributed by atoms with E-state index in [0.29, 0.717) is 5.92 Å². The fourth-order valence-corrected chi connectivity index (χ4v) is 2.81. The molecule has 0 unspecified atom stereocenters. The van der Waals surface area contributed by atoms with Gasteiger partial charge in [-0.3, -0.25) is 0 Å². The summed E-state index contributed by atoms with van der Waals surface area (Å²) in [5.74, 6) is 1.50. The molecule has 3 heterocycles. The van der Waals surface area contributed by atoms with Gasteiger partial charge in [0.2, 0.25) is 0 Å². The average Bonchev–Trinajstić information content (AvgIpc) is 3.11. The van der Waals surface area contributed by atoms with Gasteiger partial charge < -0.3 is 0 Å². The van der Waals surface area contributed by atoms with E-state index in [9.17, 15) is 0 Å². The van der Waals surface area contributed by atoms with Crippen LogP contribution in [0.3, 0.4) is 0 Å². The van der Waals surface area contributed by atoms with E-state index in [1.165, 1.54) is 0 Å². The topological polar surface area (TPSA) is 56.0 Å². The maximum atomic E-state index is 4.71. The molecule has 5 heteroatoms. The Bertz CT molecular complexity index is 876. The molecule has 1 aliphatic rings. The molecule has 110 valence electrons. The molecule has 1 aliphatic carbocycles. The largest absolute Gasteiger partial charge is 0.241 e. The van der Waals surface area contributed by atoms with Gasteiger partial charge in [-0.1, -0.05) is 19.9 Å². The highest BCUT2D eigenvalue weighted by Gasteiger charge is 2.19. The lowest BCUT2D eigenvalue weighted by molar-refractivity contribution is 0.618. The van der Waals surface area contributed by atoms with Gasteiger partial charge in [-0.25, -0.2) is 19.5 Å². The van der Waals surface area contributed by atoms with Gasteiger partial charge in [-0.05, 0) is 18.1 Å². The van der Waals surface area contributed by atoms with Gasteiger partial charge in [0.15, 0.2) is 5.65 Å². The zero-order valence-corrected chi connectivity index (χ0v) is 12.7. The highest BCUT2D eigenvalue weighted by atomic mass is 15.2. The number of fused-ring (bicyclic) bond motifs is 2. The molecule has 0 atom stereocenters. The first-order chi connectivity index (χ1) is 10.7. The zero-order chi connectivity index (χ0) is 15.1. The molecule has 0 saturated carbocycles. The van der Waals surface area contributed by atoms with Gasteiger partial charge in [0, 0.05) is 42.6 Å². The summed E-state index contributed by atoms with van der Waals surface area (Å²) < 4.78 is 1.79. The summed E-state index contributed by atoms with van der Waals surface area (Å²) in [7, 11) is 0. The van der Waals surface area contributed by atoms with Crippen LogP contribution in [0.25, 0.3) is 11.2 Å². The Hall–Kier alpha value is -2.56. The summed E-state index contributed by atoms with van der Waals surface area (Å²) in [6, 6.07) is 3.99. The van der Waals surface area contributed by atoms with Crippen molar-refractivity contribution in [1.29, 1.82) is 0 Å². The van der Waals surface area contributed by atoms with Crippen molar-refractivity contribution < 1.29 is 0 Å². The van der Waals surface area contributed by atoms with Gasteiger partial charge in [0.25, 0.3) is 0 Å². The van der Waals surface area contributed by atoms with Gasteiger partial charge in [0.05, 0.1) is 11.4 Å². The third-order valence-corrected chi connectivity index (χ3v) is 3.83. The van der Waals surface area contributed by atoms with Gasteiger partial charge in [-0.2, -0.15) is 5.10 Å². The van der Waals surface area contributed by atoms with Crippen LogP contribution in [-0.2, 0) is 12.8 Å². The first-order valence-electron chi connectivity index (χ1n) is 7.57. The SMILES string of the molecule is CC(C)Cc1ncc2c(n1)CC=C2c1ccc2nccn2n1. The molecule has 3 aromatic rings. The van der Waals surface area contributed by atoms with Crippen molar-refractivity contribution in [2.45, 2.75) is 26.7 Å². The molecule has 0 fully saturated rings. The predicted octanol–water partition coefficient (Wildman–Crippen LogP) is 2.71. The average molecular weight is 291 g/mol. The van der Waals surface area contributed by atoms with E-state index in [-0.39, 0.29) is 0 Å². The number of hydrogen-bond donors (Lipinski definition) is 0. The molecule has 0 saturated heterocycles.